The van der Waals surface area contributed by atoms with Crippen LogP contribution in [0.2, 0.25) is 0 Å². The molecule has 1 saturated carbocycles. The van der Waals surface area contributed by atoms with Crippen LogP contribution in [0.25, 0.3) is 0 Å². The van der Waals surface area contributed by atoms with Gasteiger partial charge in [-0.05, 0) is 30.7 Å². The Labute approximate surface area is 125 Å². The molecule has 0 saturated heterocycles. The molecule has 7 heteroatoms. The van der Waals surface area contributed by atoms with Crippen LogP contribution >= 0.6 is 11.6 Å². The number of rotatable bonds is 6. The van der Waals surface area contributed by atoms with Gasteiger partial charge in [-0.2, -0.15) is 0 Å². The van der Waals surface area contributed by atoms with E-state index in [4.69, 9.17) is 21.1 Å². The normalized spacial score (nSPS) is 25.3. The van der Waals surface area contributed by atoms with Crippen LogP contribution < -0.4 is 9.47 Å². The van der Waals surface area contributed by atoms with Crippen LogP contribution in [0.3, 0.4) is 0 Å². The first-order valence-corrected chi connectivity index (χ1v) is 7.11. The Bertz CT molecular complexity index is 450. The van der Waals surface area contributed by atoms with E-state index in [0.29, 0.717) is 18.8 Å². The lowest BCUT2D eigenvalue weighted by atomic mass is 9.91. The van der Waals surface area contributed by atoms with Gasteiger partial charge >= 0.3 is 6.36 Å². The third kappa shape index (κ3) is 4.68. The predicted molar refractivity (Wildman–Crippen MR) is 71.8 cm³/mol. The van der Waals surface area contributed by atoms with Crippen molar-refractivity contribution in [2.24, 2.45) is 0 Å². The molecular weight excluding hydrogens is 309 g/mol. The van der Waals surface area contributed by atoms with Crippen molar-refractivity contribution in [3.05, 3.63) is 24.3 Å². The lowest BCUT2D eigenvalue weighted by molar-refractivity contribution is -0.274. The highest BCUT2D eigenvalue weighted by Gasteiger charge is 2.42. The number of ether oxygens (including phenoxy) is 3. The van der Waals surface area contributed by atoms with Gasteiger partial charge in [0.15, 0.2) is 0 Å². The number of halogens is 4. The molecule has 1 aliphatic carbocycles. The van der Waals surface area contributed by atoms with Crippen molar-refractivity contribution in [2.75, 3.05) is 6.61 Å². The van der Waals surface area contributed by atoms with Gasteiger partial charge in [-0.1, -0.05) is 6.92 Å². The Morgan fingerprint density at radius 1 is 1.19 bits per heavy atom. The molecule has 3 nitrogen and oxygen atoms in total. The fourth-order valence-electron chi connectivity index (χ4n) is 2.00. The molecule has 1 fully saturated rings. The number of hydrogen-bond donors (Lipinski definition) is 0. The van der Waals surface area contributed by atoms with E-state index in [1.54, 1.807) is 0 Å². The third-order valence-corrected chi connectivity index (χ3v) is 3.47. The van der Waals surface area contributed by atoms with Crippen LogP contribution in [-0.2, 0) is 4.74 Å². The second kappa shape index (κ2) is 6.75. The van der Waals surface area contributed by atoms with Gasteiger partial charge in [-0.3, -0.25) is 0 Å². The van der Waals surface area contributed by atoms with Crippen LogP contribution in [0.4, 0.5) is 13.2 Å². The van der Waals surface area contributed by atoms with E-state index >= 15 is 0 Å². The van der Waals surface area contributed by atoms with Crippen LogP contribution in [0.5, 0.6) is 11.5 Å². The summed E-state index contributed by atoms with van der Waals surface area (Å²) in [4.78, 5) is 0. The molecule has 2 rings (SSSR count). The highest BCUT2D eigenvalue weighted by molar-refractivity contribution is 6.21. The first kappa shape index (κ1) is 16.2. The van der Waals surface area contributed by atoms with Crippen molar-refractivity contribution in [2.45, 2.75) is 43.7 Å². The van der Waals surface area contributed by atoms with Crippen LogP contribution in [0.1, 0.15) is 19.8 Å². The fraction of sp³-hybridized carbons (Fsp3) is 0.571. The summed E-state index contributed by atoms with van der Waals surface area (Å²) < 4.78 is 51.2. The Morgan fingerprint density at radius 3 is 2.33 bits per heavy atom. The van der Waals surface area contributed by atoms with Crippen molar-refractivity contribution in [3.63, 3.8) is 0 Å². The average Bonchev–Trinajstić information content (AvgIpc) is 2.39. The SMILES string of the molecule is CCCOC1C(Cl)CC1Oc1ccc(OC(F)(F)F)cc1. The minimum Gasteiger partial charge on any atom is -0.488 e. The van der Waals surface area contributed by atoms with Gasteiger partial charge in [0.25, 0.3) is 0 Å². The van der Waals surface area contributed by atoms with Gasteiger partial charge in [0, 0.05) is 13.0 Å². The summed E-state index contributed by atoms with van der Waals surface area (Å²) in [5.41, 5.74) is 0. The zero-order valence-electron chi connectivity index (χ0n) is 11.4. The maximum Gasteiger partial charge on any atom is 0.573 e. The largest absolute Gasteiger partial charge is 0.573 e. The van der Waals surface area contributed by atoms with Crippen LogP contribution in [-0.4, -0.2) is 30.6 Å². The molecule has 118 valence electrons. The summed E-state index contributed by atoms with van der Waals surface area (Å²) in [6, 6.07) is 5.28. The molecule has 3 unspecified atom stereocenters. The zero-order valence-corrected chi connectivity index (χ0v) is 12.2. The third-order valence-electron chi connectivity index (χ3n) is 3.04. The standard InChI is InChI=1S/C14H16ClF3O3/c1-2-7-19-13-11(15)8-12(13)20-9-3-5-10(6-4-9)21-14(16,17)18/h3-6,11-13H,2,7-8H2,1H3. The summed E-state index contributed by atoms with van der Waals surface area (Å²) >= 11 is 6.06. The fourth-order valence-corrected chi connectivity index (χ4v) is 2.41. The van der Waals surface area contributed by atoms with E-state index in [2.05, 4.69) is 4.74 Å². The number of benzene rings is 1. The minimum atomic E-state index is -4.69. The molecule has 0 aliphatic heterocycles. The monoisotopic (exact) mass is 324 g/mol. The minimum absolute atomic E-state index is 0.0885. The van der Waals surface area contributed by atoms with Gasteiger partial charge in [-0.15, -0.1) is 24.8 Å². The molecule has 1 aromatic carbocycles. The van der Waals surface area contributed by atoms with Crippen molar-refractivity contribution in [1.82, 2.24) is 0 Å². The molecule has 0 aromatic heterocycles. The first-order valence-electron chi connectivity index (χ1n) is 6.67. The Morgan fingerprint density at radius 2 is 1.81 bits per heavy atom. The van der Waals surface area contributed by atoms with E-state index in [1.165, 1.54) is 24.3 Å². The lowest BCUT2D eigenvalue weighted by Crippen LogP contribution is -2.52. The topological polar surface area (TPSA) is 27.7 Å². The summed E-state index contributed by atoms with van der Waals surface area (Å²) in [6.07, 6.45) is -3.51. The van der Waals surface area contributed by atoms with Gasteiger partial charge in [0.1, 0.15) is 23.7 Å². The highest BCUT2D eigenvalue weighted by atomic mass is 35.5. The molecule has 3 atom stereocenters. The van der Waals surface area contributed by atoms with E-state index in [9.17, 15) is 13.2 Å². The summed E-state index contributed by atoms with van der Waals surface area (Å²) in [6.45, 7) is 2.60. The molecule has 1 aromatic rings. The van der Waals surface area contributed by atoms with E-state index in [-0.39, 0.29) is 23.3 Å². The van der Waals surface area contributed by atoms with Crippen LogP contribution in [0, 0.1) is 0 Å². The van der Waals surface area contributed by atoms with E-state index in [1.807, 2.05) is 6.92 Å². The summed E-state index contributed by atoms with van der Waals surface area (Å²) in [5.74, 6) is 0.181. The van der Waals surface area contributed by atoms with Crippen molar-refractivity contribution in [3.8, 4) is 11.5 Å². The van der Waals surface area contributed by atoms with E-state index < -0.39 is 6.36 Å². The zero-order chi connectivity index (χ0) is 15.5. The van der Waals surface area contributed by atoms with Gasteiger partial charge in [0.2, 0.25) is 0 Å². The maximum absolute atomic E-state index is 12.0. The van der Waals surface area contributed by atoms with Crippen molar-refractivity contribution in [1.29, 1.82) is 0 Å². The molecule has 21 heavy (non-hydrogen) atoms. The average molecular weight is 325 g/mol. The van der Waals surface area contributed by atoms with Gasteiger partial charge < -0.3 is 14.2 Å². The van der Waals surface area contributed by atoms with Gasteiger partial charge in [-0.25, -0.2) is 0 Å². The molecule has 0 N–H and O–H groups in total. The highest BCUT2D eigenvalue weighted by Crippen LogP contribution is 2.34. The molecule has 0 heterocycles. The molecule has 0 bridgehead atoms. The smallest absolute Gasteiger partial charge is 0.488 e. The number of alkyl halides is 4. The second-order valence-electron chi connectivity index (χ2n) is 4.76. The summed E-state index contributed by atoms with van der Waals surface area (Å²) in [5, 5.41) is -0.0885. The molecule has 0 amide bonds. The second-order valence-corrected chi connectivity index (χ2v) is 5.32. The molecular formula is C14H16ClF3O3. The van der Waals surface area contributed by atoms with Gasteiger partial charge in [0.05, 0.1) is 5.38 Å². The van der Waals surface area contributed by atoms with Crippen molar-refractivity contribution < 1.29 is 27.4 Å². The Kier molecular flexibility index (Phi) is 5.22. The lowest BCUT2D eigenvalue weighted by Gasteiger charge is -2.40. The Hall–Kier alpha value is -1.14. The molecule has 0 spiro atoms. The Balaban J connectivity index is 1.88. The number of hydrogen-bond acceptors (Lipinski definition) is 3. The quantitative estimate of drug-likeness (QED) is 0.736. The summed E-state index contributed by atoms with van der Waals surface area (Å²) in [7, 11) is 0. The van der Waals surface area contributed by atoms with E-state index in [0.717, 1.165) is 6.42 Å². The predicted octanol–water partition coefficient (Wildman–Crippen LogP) is 4.14. The first-order chi connectivity index (χ1) is 9.89. The maximum atomic E-state index is 12.0. The molecule has 1 aliphatic rings. The van der Waals surface area contributed by atoms with Crippen molar-refractivity contribution >= 4 is 11.6 Å². The van der Waals surface area contributed by atoms with Crippen LogP contribution in [0.15, 0.2) is 24.3 Å². The molecule has 0 radical (unpaired) electrons.